The molecule has 2 aliphatic carbocycles. The Morgan fingerprint density at radius 1 is 1.04 bits per heavy atom. The number of allylic oxidation sites excluding steroid dienone is 4. The monoisotopic (exact) mass is 349 g/mol. The Morgan fingerprint density at radius 2 is 1.69 bits per heavy atom. The minimum absolute atomic E-state index is 0.00788. The van der Waals surface area contributed by atoms with Gasteiger partial charge in [0.05, 0.1) is 5.41 Å². The minimum atomic E-state index is -0.489. The smallest absolute Gasteiger partial charge is 0.151 e. The van der Waals surface area contributed by atoms with Crippen LogP contribution in [0.1, 0.15) is 64.9 Å². The molecule has 1 radical (unpaired) electrons. The van der Waals surface area contributed by atoms with E-state index in [4.69, 9.17) is 0 Å². The summed E-state index contributed by atoms with van der Waals surface area (Å²) in [7, 11) is 0. The van der Waals surface area contributed by atoms with Crippen molar-refractivity contribution in [2.75, 3.05) is 0 Å². The number of hydrogen-bond acceptors (Lipinski definition) is 1. The molecule has 3 rings (SSSR count). The van der Waals surface area contributed by atoms with Gasteiger partial charge >= 0.3 is 0 Å². The van der Waals surface area contributed by atoms with Crippen LogP contribution in [-0.2, 0) is 4.79 Å². The maximum Gasteiger partial charge on any atom is 0.151 e. The van der Waals surface area contributed by atoms with Gasteiger partial charge in [-0.25, -0.2) is 0 Å². The van der Waals surface area contributed by atoms with Crippen LogP contribution in [0.2, 0.25) is 0 Å². The van der Waals surface area contributed by atoms with Crippen molar-refractivity contribution in [1.29, 1.82) is 0 Å². The van der Waals surface area contributed by atoms with Crippen LogP contribution in [0, 0.1) is 29.6 Å². The number of carbonyl (C=O) groups excluding carboxylic acids is 1. The molecule has 2 unspecified atom stereocenters. The van der Waals surface area contributed by atoms with Crippen molar-refractivity contribution in [3.8, 4) is 0 Å². The van der Waals surface area contributed by atoms with Gasteiger partial charge in [-0.3, -0.25) is 4.79 Å². The molecule has 1 aromatic carbocycles. The van der Waals surface area contributed by atoms with Crippen LogP contribution >= 0.6 is 0 Å². The first-order chi connectivity index (χ1) is 12.5. The lowest BCUT2D eigenvalue weighted by Crippen LogP contribution is -2.42. The molecule has 26 heavy (non-hydrogen) atoms. The third-order valence-electron chi connectivity index (χ3n) is 6.43. The standard InChI is InChI=1S/C25H33O/c1-18(2)22-15-10-16-25(17-22,19(3)4)24(26)23(21-13-8-9-14-21)20-11-6-5-7-12-20/h5-7,10-12,15-19,21,23H,8-9,13-14H2,1-4H3. The van der Waals surface area contributed by atoms with E-state index in [0.717, 1.165) is 0 Å². The third kappa shape index (κ3) is 3.59. The highest BCUT2D eigenvalue weighted by atomic mass is 16.1. The van der Waals surface area contributed by atoms with Gasteiger partial charge in [-0.1, -0.05) is 94.7 Å². The lowest BCUT2D eigenvalue weighted by atomic mass is 9.61. The fourth-order valence-electron chi connectivity index (χ4n) is 4.70. The predicted molar refractivity (Wildman–Crippen MR) is 110 cm³/mol. The lowest BCUT2D eigenvalue weighted by Gasteiger charge is -2.40. The first kappa shape index (κ1) is 19.1. The van der Waals surface area contributed by atoms with E-state index in [2.05, 4.69) is 76.6 Å². The van der Waals surface area contributed by atoms with E-state index < -0.39 is 5.41 Å². The van der Waals surface area contributed by atoms with Gasteiger partial charge in [0.2, 0.25) is 0 Å². The molecule has 0 amide bonds. The van der Waals surface area contributed by atoms with E-state index >= 15 is 0 Å². The van der Waals surface area contributed by atoms with Crippen molar-refractivity contribution >= 4 is 5.78 Å². The summed E-state index contributed by atoms with van der Waals surface area (Å²) in [5.74, 6) is 1.58. The second-order valence-electron chi connectivity index (χ2n) is 8.71. The highest BCUT2D eigenvalue weighted by Crippen LogP contribution is 2.48. The molecular formula is C25H33O. The van der Waals surface area contributed by atoms with Crippen LogP contribution in [-0.4, -0.2) is 5.78 Å². The van der Waals surface area contributed by atoms with Crippen molar-refractivity contribution in [2.45, 2.75) is 59.3 Å². The molecule has 1 fully saturated rings. The first-order valence-corrected chi connectivity index (χ1v) is 10.3. The summed E-state index contributed by atoms with van der Waals surface area (Å²) in [6.07, 6.45) is 13.6. The number of benzene rings is 1. The molecule has 1 saturated carbocycles. The fraction of sp³-hybridized carbons (Fsp3) is 0.520. The van der Waals surface area contributed by atoms with Crippen LogP contribution in [0.25, 0.3) is 0 Å². The summed E-state index contributed by atoms with van der Waals surface area (Å²) in [5.41, 5.74) is 2.00. The summed E-state index contributed by atoms with van der Waals surface area (Å²) in [4.78, 5) is 14.1. The maximum absolute atomic E-state index is 14.1. The molecule has 0 heterocycles. The zero-order valence-corrected chi connectivity index (χ0v) is 16.7. The van der Waals surface area contributed by atoms with E-state index in [9.17, 15) is 4.79 Å². The van der Waals surface area contributed by atoms with Gasteiger partial charge in [-0.15, -0.1) is 0 Å². The summed E-state index contributed by atoms with van der Waals surface area (Å²) in [5, 5.41) is 0. The Morgan fingerprint density at radius 3 is 2.27 bits per heavy atom. The normalized spacial score (nSPS) is 24.9. The second kappa shape index (κ2) is 7.94. The summed E-state index contributed by atoms with van der Waals surface area (Å²) < 4.78 is 0. The first-order valence-electron chi connectivity index (χ1n) is 10.3. The topological polar surface area (TPSA) is 17.1 Å². The van der Waals surface area contributed by atoms with Crippen molar-refractivity contribution in [3.63, 3.8) is 0 Å². The Labute approximate surface area is 159 Å². The number of ketones is 1. The quantitative estimate of drug-likeness (QED) is 0.570. The Kier molecular flexibility index (Phi) is 5.85. The summed E-state index contributed by atoms with van der Waals surface area (Å²) in [6.45, 7) is 8.81. The van der Waals surface area contributed by atoms with Crippen molar-refractivity contribution in [1.82, 2.24) is 0 Å². The van der Waals surface area contributed by atoms with E-state index in [1.54, 1.807) is 0 Å². The highest BCUT2D eigenvalue weighted by molar-refractivity contribution is 5.95. The van der Waals surface area contributed by atoms with Gasteiger partial charge in [0.15, 0.2) is 5.78 Å². The summed E-state index contributed by atoms with van der Waals surface area (Å²) >= 11 is 0. The zero-order chi connectivity index (χ0) is 18.7. The van der Waals surface area contributed by atoms with Crippen molar-refractivity contribution in [2.24, 2.45) is 23.2 Å². The molecular weight excluding hydrogens is 316 g/mol. The molecule has 0 saturated heterocycles. The van der Waals surface area contributed by atoms with Gasteiger partial charge in [0.1, 0.15) is 0 Å². The number of rotatable bonds is 6. The lowest BCUT2D eigenvalue weighted by molar-refractivity contribution is -0.129. The molecule has 1 aromatic rings. The van der Waals surface area contributed by atoms with E-state index in [-0.39, 0.29) is 11.8 Å². The summed E-state index contributed by atoms with van der Waals surface area (Å²) in [6, 6.07) is 10.5. The van der Waals surface area contributed by atoms with E-state index in [1.165, 1.54) is 36.8 Å². The number of Topliss-reactive ketones (excluding diaryl/α,β-unsaturated/α-hetero) is 1. The largest absolute Gasteiger partial charge is 0.298 e. The molecule has 0 spiro atoms. The Balaban J connectivity index is 2.01. The fourth-order valence-corrected chi connectivity index (χ4v) is 4.70. The molecule has 0 bridgehead atoms. The van der Waals surface area contributed by atoms with E-state index in [0.29, 0.717) is 17.6 Å². The van der Waals surface area contributed by atoms with E-state index in [1.807, 2.05) is 6.07 Å². The predicted octanol–water partition coefficient (Wildman–Crippen LogP) is 6.53. The van der Waals surface area contributed by atoms with Gasteiger partial charge in [-0.2, -0.15) is 0 Å². The molecule has 2 aliphatic rings. The molecule has 0 aliphatic heterocycles. The van der Waals surface area contributed by atoms with Crippen molar-refractivity contribution < 1.29 is 4.79 Å². The van der Waals surface area contributed by atoms with Gasteiger partial charge in [0, 0.05) is 12.3 Å². The average molecular weight is 350 g/mol. The maximum atomic E-state index is 14.1. The highest BCUT2D eigenvalue weighted by Gasteiger charge is 2.47. The van der Waals surface area contributed by atoms with Gasteiger partial charge in [-0.05, 0) is 36.2 Å². The van der Waals surface area contributed by atoms with Crippen LogP contribution in [0.5, 0.6) is 0 Å². The zero-order valence-electron chi connectivity index (χ0n) is 16.7. The SMILES string of the molecule is CC(C)C1=CC=CC(C(=O)C(c2ccccc2)C2CCCC2)(C(C)C)[CH]1. The second-order valence-corrected chi connectivity index (χ2v) is 8.71. The molecule has 2 atom stereocenters. The van der Waals surface area contributed by atoms with Crippen molar-refractivity contribution in [3.05, 3.63) is 66.1 Å². The molecule has 1 heteroatoms. The molecule has 0 N–H and O–H groups in total. The minimum Gasteiger partial charge on any atom is -0.298 e. The van der Waals surface area contributed by atoms with Crippen LogP contribution < -0.4 is 0 Å². The van der Waals surface area contributed by atoms with Gasteiger partial charge in [0.25, 0.3) is 0 Å². The average Bonchev–Trinajstić information content (AvgIpc) is 3.16. The Hall–Kier alpha value is -1.63. The molecule has 0 aromatic heterocycles. The molecule has 1 nitrogen and oxygen atoms in total. The number of carbonyl (C=O) groups is 1. The van der Waals surface area contributed by atoms with Crippen LogP contribution in [0.15, 0.2) is 54.1 Å². The third-order valence-corrected chi connectivity index (χ3v) is 6.43. The van der Waals surface area contributed by atoms with Crippen LogP contribution in [0.4, 0.5) is 0 Å². The van der Waals surface area contributed by atoms with Crippen LogP contribution in [0.3, 0.4) is 0 Å². The Bertz CT molecular complexity index is 673. The number of hydrogen-bond donors (Lipinski definition) is 0. The van der Waals surface area contributed by atoms with Gasteiger partial charge < -0.3 is 0 Å². The molecule has 139 valence electrons.